The molecule has 2 unspecified atom stereocenters. The lowest BCUT2D eigenvalue weighted by atomic mass is 9.86. The summed E-state index contributed by atoms with van der Waals surface area (Å²) in [7, 11) is 3.71. The topological polar surface area (TPSA) is 157 Å². The predicted molar refractivity (Wildman–Crippen MR) is 199 cm³/mol. The second-order valence-electron chi connectivity index (χ2n) is 15.2. The Kier molecular flexibility index (Phi) is 8.96. The molecule has 5 aliphatic heterocycles. The van der Waals surface area contributed by atoms with Gasteiger partial charge in [-0.25, -0.2) is 4.68 Å². The van der Waals surface area contributed by atoms with Crippen molar-refractivity contribution in [3.63, 3.8) is 0 Å². The van der Waals surface area contributed by atoms with Gasteiger partial charge in [-0.15, -0.1) is 0 Å². The summed E-state index contributed by atoms with van der Waals surface area (Å²) in [6, 6.07) is 12.3. The molecule has 15 heteroatoms. The first-order valence-electron chi connectivity index (χ1n) is 18.1. The number of hydrogen-bond acceptors (Lipinski definition) is 10. The van der Waals surface area contributed by atoms with Crippen LogP contribution < -0.4 is 21.1 Å². The molecule has 4 fully saturated rings. The van der Waals surface area contributed by atoms with Gasteiger partial charge in [-0.3, -0.25) is 39.0 Å². The number of likely N-dealkylation sites (N-methyl/N-ethyl adjacent to an activating group) is 1. The average Bonchev–Trinajstić information content (AvgIpc) is 3.84. The summed E-state index contributed by atoms with van der Waals surface area (Å²) in [5, 5.41) is 9.89. The Labute approximate surface area is 314 Å². The third-order valence-corrected chi connectivity index (χ3v) is 12.4. The zero-order chi connectivity index (χ0) is 37.2. The molecule has 6 heterocycles. The third-order valence-electron chi connectivity index (χ3n) is 11.7. The number of nitrogens with one attached hydrogen (secondary N) is 2. The van der Waals surface area contributed by atoms with Crippen LogP contribution in [0.5, 0.6) is 0 Å². The largest absolute Gasteiger partial charge is 0.379 e. The molecule has 3 aromatic rings. The summed E-state index contributed by atoms with van der Waals surface area (Å²) in [4.78, 5) is 84.2. The molecule has 53 heavy (non-hydrogen) atoms. The van der Waals surface area contributed by atoms with E-state index in [0.717, 1.165) is 56.0 Å². The Hall–Kier alpha value is -4.89. The molecule has 2 N–H and O–H groups in total. The number of hydrogen-bond donors (Lipinski definition) is 2. The van der Waals surface area contributed by atoms with Crippen LogP contribution in [0.2, 0.25) is 0 Å². The highest BCUT2D eigenvalue weighted by Crippen LogP contribution is 2.42. The van der Waals surface area contributed by atoms with E-state index in [1.165, 1.54) is 10.2 Å². The molecule has 0 saturated carbocycles. The van der Waals surface area contributed by atoms with Crippen LogP contribution in [-0.2, 0) is 16.6 Å². The number of imide groups is 2. The number of aryl methyl sites for hydroxylation is 1. The quantitative estimate of drug-likeness (QED) is 0.357. The molecule has 0 aliphatic carbocycles. The van der Waals surface area contributed by atoms with Gasteiger partial charge in [0.1, 0.15) is 10.5 Å². The van der Waals surface area contributed by atoms with Gasteiger partial charge in [0.2, 0.25) is 11.8 Å². The summed E-state index contributed by atoms with van der Waals surface area (Å²) in [6.45, 7) is 4.51. The van der Waals surface area contributed by atoms with Gasteiger partial charge in [0.05, 0.1) is 23.0 Å². The van der Waals surface area contributed by atoms with Gasteiger partial charge in [0, 0.05) is 75.4 Å². The van der Waals surface area contributed by atoms with E-state index in [9.17, 15) is 28.8 Å². The van der Waals surface area contributed by atoms with E-state index < -0.39 is 29.7 Å². The smallest absolute Gasteiger partial charge is 0.282 e. The van der Waals surface area contributed by atoms with Gasteiger partial charge < -0.3 is 20.0 Å². The van der Waals surface area contributed by atoms with E-state index in [0.29, 0.717) is 28.8 Å². The van der Waals surface area contributed by atoms with E-state index >= 15 is 0 Å². The normalized spacial score (nSPS) is 26.1. The van der Waals surface area contributed by atoms with E-state index in [4.69, 9.17) is 0 Å². The number of piperidine rings is 2. The van der Waals surface area contributed by atoms with Crippen molar-refractivity contribution in [1.82, 2.24) is 29.8 Å². The van der Waals surface area contributed by atoms with Crippen LogP contribution in [0.3, 0.4) is 0 Å². The van der Waals surface area contributed by atoms with E-state index in [-0.39, 0.29) is 52.8 Å². The fourth-order valence-electron chi connectivity index (χ4n) is 8.83. The summed E-state index contributed by atoms with van der Waals surface area (Å²) in [5.74, 6) is -1.79. The second kappa shape index (κ2) is 13.5. The van der Waals surface area contributed by atoms with Crippen LogP contribution in [0, 0.1) is 5.41 Å². The molecule has 14 nitrogen and oxygen atoms in total. The molecular formula is C38H41BrN8O6. The Balaban J connectivity index is 0.893. The highest BCUT2D eigenvalue weighted by molar-refractivity contribution is 9.10. The molecule has 0 radical (unpaired) electrons. The molecule has 2 aromatic carbocycles. The number of benzene rings is 2. The maximum absolute atomic E-state index is 13.7. The number of carbonyl (C=O) groups excluding carboxylic acids is 5. The Morgan fingerprint density at radius 1 is 0.943 bits per heavy atom. The fraction of sp³-hybridized carbons (Fsp3) is 0.447. The van der Waals surface area contributed by atoms with Crippen molar-refractivity contribution < 1.29 is 24.0 Å². The minimum absolute atomic E-state index is 0.0189. The van der Waals surface area contributed by atoms with E-state index in [1.54, 1.807) is 25.4 Å². The van der Waals surface area contributed by atoms with Crippen molar-refractivity contribution in [3.05, 3.63) is 85.7 Å². The molecule has 276 valence electrons. The lowest BCUT2D eigenvalue weighted by Crippen LogP contribution is -2.54. The first-order chi connectivity index (χ1) is 25.4. The van der Waals surface area contributed by atoms with Gasteiger partial charge in [-0.1, -0.05) is 12.1 Å². The SMILES string of the molecule is CN1C[C@H](Nc2cnn(C)c(=O)c2Br)C[C@H](c2ccc(C(=O)N3CCC4(CCN(c5ccc6c(c5)C(=O)N(C5CCC(=O)NC5=O)C6=O)C4)C3)cc2)C1. The first-order valence-corrected chi connectivity index (χ1v) is 18.9. The number of nitrogens with zero attached hydrogens (tertiary/aromatic N) is 6. The van der Waals surface area contributed by atoms with Crippen LogP contribution in [0.4, 0.5) is 11.4 Å². The molecular weight excluding hydrogens is 744 g/mol. The Morgan fingerprint density at radius 3 is 2.47 bits per heavy atom. The van der Waals surface area contributed by atoms with Crippen LogP contribution in [0.15, 0.2) is 57.9 Å². The summed E-state index contributed by atoms with van der Waals surface area (Å²) < 4.78 is 1.76. The van der Waals surface area contributed by atoms with Crippen molar-refractivity contribution in [2.24, 2.45) is 12.5 Å². The van der Waals surface area contributed by atoms with Crippen LogP contribution in [0.1, 0.15) is 74.7 Å². The maximum atomic E-state index is 13.7. The molecule has 1 spiro atoms. The van der Waals surface area contributed by atoms with Crippen molar-refractivity contribution in [2.75, 3.05) is 56.5 Å². The number of likely N-dealkylation sites (tertiary alicyclic amines) is 2. The molecule has 1 aromatic heterocycles. The van der Waals surface area contributed by atoms with Gasteiger partial charge in [0.15, 0.2) is 0 Å². The van der Waals surface area contributed by atoms with Crippen molar-refractivity contribution in [3.8, 4) is 0 Å². The molecule has 4 atom stereocenters. The van der Waals surface area contributed by atoms with Crippen LogP contribution in [-0.4, -0.2) is 112 Å². The standard InChI is InChI=1S/C38H41BrN8O6/c1-43-18-24(15-25(19-43)41-29-17-40-44(2)37(53)32(29)39)22-3-5-23(6-4-22)34(50)46-14-12-38(21-46)11-13-45(20-38)26-7-8-27-28(16-26)36(52)47(35(27)51)30-9-10-31(48)42-33(30)49/h3-8,16-17,24-25,30,41H,9-15,18-21H2,1-2H3,(H,42,48,49)/t24-,25+,30?,38?/m0/s1. The van der Waals surface area contributed by atoms with Gasteiger partial charge in [-0.2, -0.15) is 5.10 Å². The summed E-state index contributed by atoms with van der Waals surface area (Å²) in [5.41, 5.74) is 3.60. The average molecular weight is 786 g/mol. The minimum atomic E-state index is -1.000. The molecule has 5 amide bonds. The first kappa shape index (κ1) is 35.2. The number of halogens is 1. The third kappa shape index (κ3) is 6.43. The van der Waals surface area contributed by atoms with Crippen LogP contribution >= 0.6 is 15.9 Å². The van der Waals surface area contributed by atoms with Crippen LogP contribution in [0.25, 0.3) is 0 Å². The fourth-order valence-corrected chi connectivity index (χ4v) is 9.30. The van der Waals surface area contributed by atoms with Crippen molar-refractivity contribution in [1.29, 1.82) is 0 Å². The Morgan fingerprint density at radius 2 is 1.70 bits per heavy atom. The molecule has 4 saturated heterocycles. The van der Waals surface area contributed by atoms with Gasteiger partial charge in [-0.05, 0) is 90.5 Å². The highest BCUT2D eigenvalue weighted by atomic mass is 79.9. The van der Waals surface area contributed by atoms with Crippen molar-refractivity contribution in [2.45, 2.75) is 50.1 Å². The van der Waals surface area contributed by atoms with E-state index in [2.05, 4.69) is 60.6 Å². The van der Waals surface area contributed by atoms with E-state index in [1.807, 2.05) is 23.1 Å². The number of fused-ring (bicyclic) bond motifs is 1. The zero-order valence-corrected chi connectivity index (χ0v) is 31.2. The monoisotopic (exact) mass is 784 g/mol. The number of rotatable bonds is 6. The molecule has 5 aliphatic rings. The molecule has 0 bridgehead atoms. The number of anilines is 2. The summed E-state index contributed by atoms with van der Waals surface area (Å²) >= 11 is 3.42. The van der Waals surface area contributed by atoms with Gasteiger partial charge in [0.25, 0.3) is 23.3 Å². The maximum Gasteiger partial charge on any atom is 0.282 e. The van der Waals surface area contributed by atoms with Gasteiger partial charge >= 0.3 is 0 Å². The lowest BCUT2D eigenvalue weighted by molar-refractivity contribution is -0.136. The number of carbonyl (C=O) groups is 5. The lowest BCUT2D eigenvalue weighted by Gasteiger charge is -2.37. The minimum Gasteiger partial charge on any atom is -0.379 e. The molecule has 8 rings (SSSR count). The predicted octanol–water partition coefficient (Wildman–Crippen LogP) is 2.59. The Bertz CT molecular complexity index is 2100. The van der Waals surface area contributed by atoms with Crippen molar-refractivity contribution >= 4 is 56.8 Å². The zero-order valence-electron chi connectivity index (χ0n) is 29.6. The number of aromatic nitrogens is 2. The summed E-state index contributed by atoms with van der Waals surface area (Å²) in [6.07, 6.45) is 4.50. The second-order valence-corrected chi connectivity index (χ2v) is 16.0. The highest BCUT2D eigenvalue weighted by Gasteiger charge is 2.47. The number of amides is 5.